The molecule has 1 aliphatic carbocycles. The summed E-state index contributed by atoms with van der Waals surface area (Å²) in [5.74, 6) is 0.235. The molecule has 4 heteroatoms. The van der Waals surface area contributed by atoms with Gasteiger partial charge in [0.25, 0.3) is 5.91 Å². The Kier molecular flexibility index (Phi) is 4.20. The van der Waals surface area contributed by atoms with Gasteiger partial charge in [0, 0.05) is 23.7 Å². The topological polar surface area (TPSA) is 58.2 Å². The van der Waals surface area contributed by atoms with Gasteiger partial charge in [-0.25, -0.2) is 0 Å². The third kappa shape index (κ3) is 4.39. The highest BCUT2D eigenvalue weighted by molar-refractivity contribution is 5.97. The van der Waals surface area contributed by atoms with Gasteiger partial charge >= 0.3 is 0 Å². The first-order valence-electron chi connectivity index (χ1n) is 6.75. The molecule has 2 rings (SSSR count). The summed E-state index contributed by atoms with van der Waals surface area (Å²) < 4.78 is 0. The number of nitrogens with one attached hydrogen (secondary N) is 2. The molecule has 0 heterocycles. The smallest absolute Gasteiger partial charge is 0.251 e. The van der Waals surface area contributed by atoms with Crippen LogP contribution in [0.4, 0.5) is 5.69 Å². The Morgan fingerprint density at radius 2 is 2.05 bits per heavy atom. The van der Waals surface area contributed by atoms with E-state index in [1.807, 2.05) is 13.8 Å². The molecular formula is C15H20N2O2. The quantitative estimate of drug-likeness (QED) is 0.854. The number of hydrogen-bond acceptors (Lipinski definition) is 2. The molecule has 0 radical (unpaired) electrons. The van der Waals surface area contributed by atoms with Gasteiger partial charge in [-0.3, -0.25) is 9.59 Å². The van der Waals surface area contributed by atoms with Gasteiger partial charge in [0.05, 0.1) is 0 Å². The number of benzene rings is 1. The minimum absolute atomic E-state index is 0.0187. The molecule has 1 saturated carbocycles. The van der Waals surface area contributed by atoms with Crippen molar-refractivity contribution >= 4 is 17.5 Å². The summed E-state index contributed by atoms with van der Waals surface area (Å²) >= 11 is 0. The van der Waals surface area contributed by atoms with Gasteiger partial charge in [0.1, 0.15) is 0 Å². The number of amides is 2. The molecule has 0 aliphatic heterocycles. The van der Waals surface area contributed by atoms with Gasteiger partial charge in [0.15, 0.2) is 0 Å². The molecular weight excluding hydrogens is 240 g/mol. The van der Waals surface area contributed by atoms with E-state index >= 15 is 0 Å². The number of rotatable bonds is 5. The lowest BCUT2D eigenvalue weighted by Gasteiger charge is -2.09. The normalized spacial score (nSPS) is 14.3. The molecule has 0 saturated heterocycles. The Bertz CT molecular complexity index is 479. The molecule has 0 atom stereocenters. The zero-order valence-corrected chi connectivity index (χ0v) is 11.4. The van der Waals surface area contributed by atoms with E-state index in [9.17, 15) is 9.59 Å². The number of anilines is 1. The molecule has 0 spiro atoms. The van der Waals surface area contributed by atoms with Crippen molar-refractivity contribution in [2.24, 2.45) is 5.92 Å². The maximum absolute atomic E-state index is 11.9. The highest BCUT2D eigenvalue weighted by atomic mass is 16.2. The summed E-state index contributed by atoms with van der Waals surface area (Å²) in [6, 6.07) is 7.40. The molecule has 1 aromatic rings. The second-order valence-corrected chi connectivity index (χ2v) is 5.47. The highest BCUT2D eigenvalue weighted by Gasteiger charge is 2.23. The first kappa shape index (κ1) is 13.6. The van der Waals surface area contributed by atoms with Crippen LogP contribution in [0.15, 0.2) is 24.3 Å². The molecule has 0 unspecified atom stereocenters. The Morgan fingerprint density at radius 3 is 2.68 bits per heavy atom. The van der Waals surface area contributed by atoms with Crippen molar-refractivity contribution in [3.63, 3.8) is 0 Å². The molecule has 0 aromatic heterocycles. The van der Waals surface area contributed by atoms with E-state index in [-0.39, 0.29) is 11.8 Å². The van der Waals surface area contributed by atoms with Crippen molar-refractivity contribution in [2.75, 3.05) is 5.32 Å². The lowest BCUT2D eigenvalue weighted by atomic mass is 10.1. The van der Waals surface area contributed by atoms with Crippen LogP contribution in [-0.4, -0.2) is 17.9 Å². The van der Waals surface area contributed by atoms with Crippen molar-refractivity contribution < 1.29 is 9.59 Å². The fraction of sp³-hybridized carbons (Fsp3) is 0.467. The number of hydrogen-bond donors (Lipinski definition) is 2. The fourth-order valence-electron chi connectivity index (χ4n) is 1.82. The van der Waals surface area contributed by atoms with E-state index < -0.39 is 0 Å². The van der Waals surface area contributed by atoms with Crippen LogP contribution in [0.1, 0.15) is 43.5 Å². The summed E-state index contributed by atoms with van der Waals surface area (Å²) in [6.07, 6.45) is 2.62. The number of carbonyl (C=O) groups excluding carboxylic acids is 2. The minimum atomic E-state index is -0.0672. The molecule has 1 aliphatic rings. The van der Waals surface area contributed by atoms with E-state index in [4.69, 9.17) is 0 Å². The van der Waals surface area contributed by atoms with Crippen LogP contribution in [0.2, 0.25) is 0 Å². The summed E-state index contributed by atoms with van der Waals surface area (Å²) in [6.45, 7) is 4.00. The first-order valence-corrected chi connectivity index (χ1v) is 6.75. The van der Waals surface area contributed by atoms with E-state index in [1.165, 1.54) is 0 Å². The predicted molar refractivity (Wildman–Crippen MR) is 75.0 cm³/mol. The lowest BCUT2D eigenvalue weighted by molar-refractivity contribution is -0.116. The Labute approximate surface area is 113 Å². The lowest BCUT2D eigenvalue weighted by Crippen LogP contribution is -2.25. The Balaban J connectivity index is 1.97. The second-order valence-electron chi connectivity index (χ2n) is 5.47. The third-order valence-corrected chi connectivity index (χ3v) is 2.91. The minimum Gasteiger partial charge on any atom is -0.349 e. The molecule has 4 nitrogen and oxygen atoms in total. The van der Waals surface area contributed by atoms with Crippen LogP contribution in [0, 0.1) is 5.92 Å². The van der Waals surface area contributed by atoms with E-state index in [0.717, 1.165) is 12.8 Å². The summed E-state index contributed by atoms with van der Waals surface area (Å²) in [5.41, 5.74) is 1.27. The SMILES string of the molecule is CC(C)CC(=O)Nc1cccc(C(=O)NC2CC2)c1. The zero-order chi connectivity index (χ0) is 13.8. The van der Waals surface area contributed by atoms with Crippen LogP contribution < -0.4 is 10.6 Å². The van der Waals surface area contributed by atoms with Gasteiger partial charge in [0.2, 0.25) is 5.91 Å². The Morgan fingerprint density at radius 1 is 1.32 bits per heavy atom. The fourth-order valence-corrected chi connectivity index (χ4v) is 1.82. The largest absolute Gasteiger partial charge is 0.349 e. The van der Waals surface area contributed by atoms with Gasteiger partial charge in [-0.2, -0.15) is 0 Å². The van der Waals surface area contributed by atoms with Crippen LogP contribution in [-0.2, 0) is 4.79 Å². The van der Waals surface area contributed by atoms with Crippen molar-refractivity contribution in [3.05, 3.63) is 29.8 Å². The highest BCUT2D eigenvalue weighted by Crippen LogP contribution is 2.20. The molecule has 102 valence electrons. The number of carbonyl (C=O) groups is 2. The van der Waals surface area contributed by atoms with Crippen molar-refractivity contribution in [1.82, 2.24) is 5.32 Å². The standard InChI is InChI=1S/C15H20N2O2/c1-10(2)8-14(18)16-13-5-3-4-11(9-13)15(19)17-12-6-7-12/h3-5,9-10,12H,6-8H2,1-2H3,(H,16,18)(H,17,19). The maximum atomic E-state index is 11.9. The van der Waals surface area contributed by atoms with Crippen LogP contribution in [0.3, 0.4) is 0 Å². The van der Waals surface area contributed by atoms with Crippen LogP contribution >= 0.6 is 0 Å². The molecule has 2 N–H and O–H groups in total. The maximum Gasteiger partial charge on any atom is 0.251 e. The van der Waals surface area contributed by atoms with Gasteiger partial charge in [-0.05, 0) is 37.0 Å². The van der Waals surface area contributed by atoms with E-state index in [1.54, 1.807) is 24.3 Å². The average Bonchev–Trinajstić information content (AvgIpc) is 3.12. The van der Waals surface area contributed by atoms with Gasteiger partial charge in [-0.1, -0.05) is 19.9 Å². The third-order valence-electron chi connectivity index (χ3n) is 2.91. The van der Waals surface area contributed by atoms with Crippen molar-refractivity contribution in [2.45, 2.75) is 39.2 Å². The average molecular weight is 260 g/mol. The van der Waals surface area contributed by atoms with E-state index in [2.05, 4.69) is 10.6 Å². The van der Waals surface area contributed by atoms with Crippen LogP contribution in [0.5, 0.6) is 0 Å². The van der Waals surface area contributed by atoms with Gasteiger partial charge < -0.3 is 10.6 Å². The first-order chi connectivity index (χ1) is 9.04. The summed E-state index contributed by atoms with van der Waals surface area (Å²) in [5, 5.41) is 5.75. The predicted octanol–water partition coefficient (Wildman–Crippen LogP) is 2.56. The molecule has 0 bridgehead atoms. The summed E-state index contributed by atoms with van der Waals surface area (Å²) in [4.78, 5) is 23.6. The summed E-state index contributed by atoms with van der Waals surface area (Å²) in [7, 11) is 0. The zero-order valence-electron chi connectivity index (χ0n) is 11.4. The van der Waals surface area contributed by atoms with Crippen molar-refractivity contribution in [3.8, 4) is 0 Å². The van der Waals surface area contributed by atoms with Crippen molar-refractivity contribution in [1.29, 1.82) is 0 Å². The monoisotopic (exact) mass is 260 g/mol. The molecule has 19 heavy (non-hydrogen) atoms. The second kappa shape index (κ2) is 5.87. The van der Waals surface area contributed by atoms with E-state index in [0.29, 0.717) is 29.6 Å². The molecule has 1 aromatic carbocycles. The Hall–Kier alpha value is -1.84. The molecule has 1 fully saturated rings. The van der Waals surface area contributed by atoms with Crippen LogP contribution in [0.25, 0.3) is 0 Å². The van der Waals surface area contributed by atoms with Gasteiger partial charge in [-0.15, -0.1) is 0 Å². The molecule has 2 amide bonds.